The van der Waals surface area contributed by atoms with Crippen LogP contribution < -0.4 is 5.73 Å². The lowest BCUT2D eigenvalue weighted by Crippen LogP contribution is -2.39. The van der Waals surface area contributed by atoms with Crippen LogP contribution in [0.1, 0.15) is 31.1 Å². The minimum Gasteiger partial charge on any atom is -0.368 e. The zero-order valence-electron chi connectivity index (χ0n) is 10.4. The Morgan fingerprint density at radius 1 is 1.41 bits per heavy atom. The van der Waals surface area contributed by atoms with Crippen molar-refractivity contribution in [3.8, 4) is 0 Å². The van der Waals surface area contributed by atoms with Crippen LogP contribution in [0, 0.1) is 6.92 Å². The molecule has 6 heteroatoms. The molecule has 2 rings (SSSR count). The maximum atomic E-state index is 5.70. The lowest BCUT2D eigenvalue weighted by molar-refractivity contribution is -0.0343. The Morgan fingerprint density at radius 3 is 2.94 bits per heavy atom. The van der Waals surface area contributed by atoms with E-state index in [-0.39, 0.29) is 12.1 Å². The van der Waals surface area contributed by atoms with Gasteiger partial charge in [-0.15, -0.1) is 0 Å². The van der Waals surface area contributed by atoms with Gasteiger partial charge in [0.05, 0.1) is 6.61 Å². The van der Waals surface area contributed by atoms with Gasteiger partial charge < -0.3 is 10.5 Å². The van der Waals surface area contributed by atoms with E-state index in [0.29, 0.717) is 11.6 Å². The second-order valence-electron chi connectivity index (χ2n) is 4.26. The maximum absolute atomic E-state index is 5.70. The summed E-state index contributed by atoms with van der Waals surface area (Å²) in [5.74, 6) is 1.56. The number of aryl methyl sites for hydroxylation is 1. The van der Waals surface area contributed by atoms with Crippen LogP contribution in [-0.4, -0.2) is 46.1 Å². The first-order valence-corrected chi connectivity index (χ1v) is 6.01. The fourth-order valence-corrected chi connectivity index (χ4v) is 2.05. The van der Waals surface area contributed by atoms with Crippen LogP contribution in [0.5, 0.6) is 0 Å². The van der Waals surface area contributed by atoms with Gasteiger partial charge >= 0.3 is 0 Å². The largest absolute Gasteiger partial charge is 0.368 e. The van der Waals surface area contributed by atoms with E-state index in [1.165, 1.54) is 0 Å². The molecule has 0 saturated carbocycles. The number of nitrogen functional groups attached to an aromatic ring is 1. The Hall–Kier alpha value is -1.27. The van der Waals surface area contributed by atoms with Crippen molar-refractivity contribution in [2.45, 2.75) is 26.4 Å². The van der Waals surface area contributed by atoms with E-state index in [2.05, 4.69) is 26.8 Å². The number of morpholine rings is 1. The molecule has 0 amide bonds. The number of anilines is 1. The number of hydrogen-bond acceptors (Lipinski definition) is 6. The van der Waals surface area contributed by atoms with Gasteiger partial charge in [-0.1, -0.05) is 6.92 Å². The average Bonchev–Trinajstić information content (AvgIpc) is 2.28. The molecule has 1 aromatic heterocycles. The molecule has 1 aliphatic rings. The van der Waals surface area contributed by atoms with Gasteiger partial charge in [-0.05, 0) is 19.9 Å². The van der Waals surface area contributed by atoms with E-state index in [1.807, 2.05) is 6.92 Å². The first-order valence-electron chi connectivity index (χ1n) is 6.01. The van der Waals surface area contributed by atoms with E-state index in [9.17, 15) is 0 Å². The van der Waals surface area contributed by atoms with Crippen molar-refractivity contribution in [1.29, 1.82) is 0 Å². The number of ether oxygens (including phenoxy) is 1. The highest BCUT2D eigenvalue weighted by atomic mass is 16.5. The van der Waals surface area contributed by atoms with E-state index in [1.54, 1.807) is 0 Å². The zero-order chi connectivity index (χ0) is 12.3. The summed E-state index contributed by atoms with van der Waals surface area (Å²) in [7, 11) is 0. The number of aromatic nitrogens is 3. The molecule has 1 unspecified atom stereocenters. The lowest BCUT2D eigenvalue weighted by Gasteiger charge is -2.31. The van der Waals surface area contributed by atoms with Crippen molar-refractivity contribution in [2.24, 2.45) is 0 Å². The molecule has 0 radical (unpaired) electrons. The number of hydrogen-bond donors (Lipinski definition) is 1. The maximum Gasteiger partial charge on any atom is 0.223 e. The number of rotatable bonds is 3. The van der Waals surface area contributed by atoms with Gasteiger partial charge in [0.2, 0.25) is 5.95 Å². The third-order valence-electron chi connectivity index (χ3n) is 2.76. The standard InChI is InChI=1S/C11H19N5O/c1-3-4-16-5-6-17-9(7-16)10-13-8(2)14-11(12)15-10/h9H,3-7H2,1-2H3,(H2,12,13,14,15). The molecular weight excluding hydrogens is 218 g/mol. The van der Waals surface area contributed by atoms with Crippen LogP contribution in [0.4, 0.5) is 5.95 Å². The quantitative estimate of drug-likeness (QED) is 0.827. The fraction of sp³-hybridized carbons (Fsp3) is 0.727. The highest BCUT2D eigenvalue weighted by Crippen LogP contribution is 2.19. The molecule has 2 heterocycles. The summed E-state index contributed by atoms with van der Waals surface area (Å²) in [5.41, 5.74) is 5.63. The Bertz CT molecular complexity index is 362. The molecule has 17 heavy (non-hydrogen) atoms. The van der Waals surface area contributed by atoms with Crippen LogP contribution in [0.2, 0.25) is 0 Å². The van der Waals surface area contributed by atoms with Gasteiger partial charge in [-0.25, -0.2) is 4.98 Å². The molecule has 2 N–H and O–H groups in total. The molecule has 0 aliphatic carbocycles. The zero-order valence-corrected chi connectivity index (χ0v) is 10.4. The Morgan fingerprint density at radius 2 is 2.24 bits per heavy atom. The topological polar surface area (TPSA) is 77.2 Å². The Balaban J connectivity index is 2.10. The molecule has 94 valence electrons. The third-order valence-corrected chi connectivity index (χ3v) is 2.76. The highest BCUT2D eigenvalue weighted by molar-refractivity contribution is 5.16. The van der Waals surface area contributed by atoms with Crippen molar-refractivity contribution < 1.29 is 4.74 Å². The summed E-state index contributed by atoms with van der Waals surface area (Å²) in [6, 6.07) is 0. The van der Waals surface area contributed by atoms with Gasteiger partial charge in [0, 0.05) is 13.1 Å². The van der Waals surface area contributed by atoms with Crippen molar-refractivity contribution in [2.75, 3.05) is 32.0 Å². The Labute approximate surface area is 101 Å². The molecule has 0 aromatic carbocycles. The van der Waals surface area contributed by atoms with Crippen LogP contribution in [0.15, 0.2) is 0 Å². The second-order valence-corrected chi connectivity index (χ2v) is 4.26. The second kappa shape index (κ2) is 5.37. The molecule has 6 nitrogen and oxygen atoms in total. The van der Waals surface area contributed by atoms with Crippen molar-refractivity contribution >= 4 is 5.95 Å². The van der Waals surface area contributed by atoms with Gasteiger partial charge in [0.1, 0.15) is 11.9 Å². The predicted molar refractivity (Wildman–Crippen MR) is 64.4 cm³/mol. The lowest BCUT2D eigenvalue weighted by atomic mass is 10.2. The highest BCUT2D eigenvalue weighted by Gasteiger charge is 2.24. The molecule has 1 fully saturated rings. The minimum atomic E-state index is -0.0840. The Kier molecular flexibility index (Phi) is 3.86. The third kappa shape index (κ3) is 3.10. The molecule has 0 bridgehead atoms. The summed E-state index contributed by atoms with van der Waals surface area (Å²) < 4.78 is 5.70. The van der Waals surface area contributed by atoms with Crippen LogP contribution in [0.25, 0.3) is 0 Å². The number of nitrogens with two attached hydrogens (primary N) is 1. The van der Waals surface area contributed by atoms with Crippen LogP contribution >= 0.6 is 0 Å². The van der Waals surface area contributed by atoms with Gasteiger partial charge in [-0.3, -0.25) is 4.90 Å². The van der Waals surface area contributed by atoms with E-state index in [4.69, 9.17) is 10.5 Å². The molecule has 0 spiro atoms. The van der Waals surface area contributed by atoms with Crippen molar-refractivity contribution in [3.63, 3.8) is 0 Å². The van der Waals surface area contributed by atoms with Crippen LogP contribution in [-0.2, 0) is 4.74 Å². The van der Waals surface area contributed by atoms with Crippen LogP contribution in [0.3, 0.4) is 0 Å². The van der Waals surface area contributed by atoms with E-state index >= 15 is 0 Å². The normalized spacial score (nSPS) is 21.6. The molecule has 1 aliphatic heterocycles. The SMILES string of the molecule is CCCN1CCOC(c2nc(C)nc(N)n2)C1. The van der Waals surface area contributed by atoms with Gasteiger partial charge in [0.15, 0.2) is 5.82 Å². The summed E-state index contributed by atoms with van der Waals surface area (Å²) in [6.07, 6.45) is 1.06. The van der Waals surface area contributed by atoms with E-state index in [0.717, 1.165) is 32.7 Å². The van der Waals surface area contributed by atoms with E-state index < -0.39 is 0 Å². The smallest absolute Gasteiger partial charge is 0.223 e. The summed E-state index contributed by atoms with van der Waals surface area (Å²) in [6.45, 7) is 7.60. The predicted octanol–water partition coefficient (Wildman–Crippen LogP) is 0.546. The fourth-order valence-electron chi connectivity index (χ4n) is 2.05. The summed E-state index contributed by atoms with van der Waals surface area (Å²) in [4.78, 5) is 14.8. The monoisotopic (exact) mass is 237 g/mol. The van der Waals surface area contributed by atoms with Gasteiger partial charge in [-0.2, -0.15) is 9.97 Å². The van der Waals surface area contributed by atoms with Crippen molar-refractivity contribution in [1.82, 2.24) is 19.9 Å². The molecule has 1 saturated heterocycles. The van der Waals surface area contributed by atoms with Gasteiger partial charge in [0.25, 0.3) is 0 Å². The summed E-state index contributed by atoms with van der Waals surface area (Å²) in [5, 5.41) is 0. The summed E-state index contributed by atoms with van der Waals surface area (Å²) >= 11 is 0. The first kappa shape index (κ1) is 12.2. The average molecular weight is 237 g/mol. The molecule has 1 aromatic rings. The molecule has 1 atom stereocenters. The minimum absolute atomic E-state index is 0.0840. The first-order chi connectivity index (χ1) is 8.19. The number of nitrogens with zero attached hydrogens (tertiary/aromatic N) is 4. The van der Waals surface area contributed by atoms with Crippen molar-refractivity contribution in [3.05, 3.63) is 11.6 Å². The molecular formula is C11H19N5O.